The molecule has 0 spiro atoms. The van der Waals surface area contributed by atoms with Gasteiger partial charge in [-0.05, 0) is 13.0 Å². The maximum absolute atomic E-state index is 8.64. The summed E-state index contributed by atoms with van der Waals surface area (Å²) in [5.74, 6) is 0. The first-order valence-corrected chi connectivity index (χ1v) is 10.2. The largest absolute Gasteiger partial charge is 0.412 e. The lowest BCUT2D eigenvalue weighted by molar-refractivity contribution is 0.292. The number of hydrogen-bond donors (Lipinski definition) is 2. The molecule has 0 aliphatic heterocycles. The van der Waals surface area contributed by atoms with Crippen molar-refractivity contribution in [3.8, 4) is 0 Å². The summed E-state index contributed by atoms with van der Waals surface area (Å²) in [6.07, 6.45) is 22.8. The zero-order valence-corrected chi connectivity index (χ0v) is 15.9. The average molecular weight is 332 g/mol. The van der Waals surface area contributed by atoms with Crippen LogP contribution in [0.2, 0.25) is 0 Å². The van der Waals surface area contributed by atoms with Gasteiger partial charge >= 0.3 is 0 Å². The van der Waals surface area contributed by atoms with Crippen LogP contribution in [0.15, 0.2) is 0 Å². The molecule has 23 heavy (non-hydrogen) atoms. The Morgan fingerprint density at radius 1 is 0.522 bits per heavy atom. The maximum Gasteiger partial charge on any atom is 0.0555 e. The Bertz CT molecular complexity index is 168. The molecular weight excluding hydrogens is 286 g/mol. The number of hydrogen-bond acceptors (Lipinski definition) is 2. The molecule has 0 saturated carbocycles. The molecule has 0 rings (SSSR count). The lowest BCUT2D eigenvalue weighted by Gasteiger charge is -2.04. The van der Waals surface area contributed by atoms with Crippen LogP contribution in [0, 0.1) is 0 Å². The lowest BCUT2D eigenvalue weighted by Crippen LogP contribution is -2.19. The molecule has 142 valence electrons. The molecule has 0 aromatic heterocycles. The average Bonchev–Trinajstić information content (AvgIpc) is 2.54. The van der Waals surface area contributed by atoms with E-state index in [0.717, 1.165) is 13.1 Å². The molecule has 0 aromatic carbocycles. The third-order valence-electron chi connectivity index (χ3n) is 4.50. The van der Waals surface area contributed by atoms with E-state index in [4.69, 9.17) is 5.11 Å². The standard InChI is InChI=1S/C20H43NO.H2O/c1-2-3-4-5-6-7-8-9-10-11-12-13-14-15-16-17-18-21-19-20-22;/h21-22H,2-20H2,1H3;1H2. The first kappa shape index (κ1) is 25.1. The highest BCUT2D eigenvalue weighted by Crippen LogP contribution is 2.13. The van der Waals surface area contributed by atoms with Crippen molar-refractivity contribution < 1.29 is 10.6 Å². The second-order valence-electron chi connectivity index (χ2n) is 6.78. The summed E-state index contributed by atoms with van der Waals surface area (Å²) in [6.45, 7) is 4.37. The third kappa shape index (κ3) is 24.3. The molecule has 0 amide bonds. The van der Waals surface area contributed by atoms with E-state index in [1.165, 1.54) is 103 Å². The number of nitrogens with one attached hydrogen (secondary N) is 1. The zero-order valence-electron chi connectivity index (χ0n) is 15.9. The maximum atomic E-state index is 8.64. The molecule has 0 unspecified atom stereocenters. The molecule has 0 heterocycles. The fraction of sp³-hybridized carbons (Fsp3) is 1.00. The van der Waals surface area contributed by atoms with Crippen LogP contribution in [0.1, 0.15) is 110 Å². The minimum Gasteiger partial charge on any atom is -0.412 e. The SMILES string of the molecule is CCCCCCCCCCCCCCCCCCNCCO.O. The predicted octanol–water partition coefficient (Wildman–Crippen LogP) is 5.01. The van der Waals surface area contributed by atoms with E-state index in [9.17, 15) is 0 Å². The Morgan fingerprint density at radius 3 is 1.22 bits per heavy atom. The van der Waals surface area contributed by atoms with Crippen LogP contribution in [0.3, 0.4) is 0 Å². The van der Waals surface area contributed by atoms with E-state index >= 15 is 0 Å². The van der Waals surface area contributed by atoms with Gasteiger partial charge in [-0.25, -0.2) is 0 Å². The third-order valence-corrected chi connectivity index (χ3v) is 4.50. The van der Waals surface area contributed by atoms with Crippen molar-refractivity contribution in [2.24, 2.45) is 0 Å². The summed E-state index contributed by atoms with van der Waals surface area (Å²) in [4.78, 5) is 0. The summed E-state index contributed by atoms with van der Waals surface area (Å²) >= 11 is 0. The number of aliphatic hydroxyl groups is 1. The zero-order chi connectivity index (χ0) is 16.1. The van der Waals surface area contributed by atoms with Gasteiger partial charge in [-0.1, -0.05) is 103 Å². The van der Waals surface area contributed by atoms with Crippen molar-refractivity contribution in [3.05, 3.63) is 0 Å². The van der Waals surface area contributed by atoms with Crippen LogP contribution < -0.4 is 5.32 Å². The van der Waals surface area contributed by atoms with E-state index in [1.807, 2.05) is 0 Å². The fourth-order valence-electron chi connectivity index (χ4n) is 3.00. The van der Waals surface area contributed by atoms with Crippen molar-refractivity contribution in [3.63, 3.8) is 0 Å². The summed E-state index contributed by atoms with van der Waals surface area (Å²) < 4.78 is 0. The molecule has 4 N–H and O–H groups in total. The van der Waals surface area contributed by atoms with Gasteiger partial charge < -0.3 is 15.9 Å². The topological polar surface area (TPSA) is 63.8 Å². The van der Waals surface area contributed by atoms with Gasteiger partial charge in [0.15, 0.2) is 0 Å². The van der Waals surface area contributed by atoms with Crippen LogP contribution in [0.5, 0.6) is 0 Å². The Balaban J connectivity index is 0. The molecule has 0 aromatic rings. The second-order valence-corrected chi connectivity index (χ2v) is 6.78. The molecule has 0 saturated heterocycles. The number of rotatable bonds is 19. The lowest BCUT2D eigenvalue weighted by atomic mass is 10.0. The molecule has 0 bridgehead atoms. The quantitative estimate of drug-likeness (QED) is 0.327. The summed E-state index contributed by atoms with van der Waals surface area (Å²) in [5.41, 5.74) is 0. The monoisotopic (exact) mass is 331 g/mol. The molecule has 3 nitrogen and oxygen atoms in total. The van der Waals surface area contributed by atoms with Gasteiger partial charge in [-0.15, -0.1) is 0 Å². The molecule has 0 fully saturated rings. The van der Waals surface area contributed by atoms with E-state index in [2.05, 4.69) is 12.2 Å². The van der Waals surface area contributed by atoms with Gasteiger partial charge in [0.1, 0.15) is 0 Å². The molecule has 0 aliphatic carbocycles. The van der Waals surface area contributed by atoms with Crippen molar-refractivity contribution in [1.29, 1.82) is 0 Å². The summed E-state index contributed by atoms with van der Waals surface area (Å²) in [7, 11) is 0. The summed E-state index contributed by atoms with van der Waals surface area (Å²) in [6, 6.07) is 0. The minimum absolute atomic E-state index is 0. The van der Waals surface area contributed by atoms with Crippen LogP contribution in [0.25, 0.3) is 0 Å². The number of unbranched alkanes of at least 4 members (excludes halogenated alkanes) is 15. The van der Waals surface area contributed by atoms with Gasteiger partial charge in [0, 0.05) is 6.54 Å². The molecule has 0 atom stereocenters. The van der Waals surface area contributed by atoms with Gasteiger partial charge in [0.25, 0.3) is 0 Å². The molecular formula is C20H45NO2. The van der Waals surface area contributed by atoms with Crippen LogP contribution in [0.4, 0.5) is 0 Å². The van der Waals surface area contributed by atoms with Crippen molar-refractivity contribution in [2.75, 3.05) is 19.7 Å². The second kappa shape index (κ2) is 24.1. The van der Waals surface area contributed by atoms with Gasteiger partial charge in [0.2, 0.25) is 0 Å². The first-order valence-electron chi connectivity index (χ1n) is 10.2. The highest BCUT2D eigenvalue weighted by molar-refractivity contribution is 4.51. The van der Waals surface area contributed by atoms with Gasteiger partial charge in [-0.3, -0.25) is 0 Å². The van der Waals surface area contributed by atoms with E-state index in [1.54, 1.807) is 0 Å². The fourth-order valence-corrected chi connectivity index (χ4v) is 3.00. The minimum atomic E-state index is 0. The van der Waals surface area contributed by atoms with Crippen LogP contribution in [-0.2, 0) is 0 Å². The predicted molar refractivity (Wildman–Crippen MR) is 103 cm³/mol. The van der Waals surface area contributed by atoms with E-state index < -0.39 is 0 Å². The molecule has 0 aliphatic rings. The first-order chi connectivity index (χ1) is 10.9. The van der Waals surface area contributed by atoms with Crippen LogP contribution >= 0.6 is 0 Å². The van der Waals surface area contributed by atoms with Crippen LogP contribution in [-0.4, -0.2) is 30.3 Å². The molecule has 3 heteroatoms. The highest BCUT2D eigenvalue weighted by Gasteiger charge is 1.94. The Labute approximate surface area is 145 Å². The normalized spacial score (nSPS) is 10.7. The Hall–Kier alpha value is -0.120. The summed E-state index contributed by atoms with van der Waals surface area (Å²) in [5, 5.41) is 11.9. The van der Waals surface area contributed by atoms with E-state index in [-0.39, 0.29) is 12.1 Å². The van der Waals surface area contributed by atoms with Crippen molar-refractivity contribution in [2.45, 2.75) is 110 Å². The Kier molecular flexibility index (Phi) is 26.4. The highest BCUT2D eigenvalue weighted by atomic mass is 16.3. The number of aliphatic hydroxyl groups excluding tert-OH is 1. The smallest absolute Gasteiger partial charge is 0.0555 e. The van der Waals surface area contributed by atoms with E-state index in [0.29, 0.717) is 0 Å². The Morgan fingerprint density at radius 2 is 0.870 bits per heavy atom. The molecule has 0 radical (unpaired) electrons. The van der Waals surface area contributed by atoms with Crippen molar-refractivity contribution in [1.82, 2.24) is 5.32 Å². The van der Waals surface area contributed by atoms with Crippen molar-refractivity contribution >= 4 is 0 Å². The van der Waals surface area contributed by atoms with Gasteiger partial charge in [-0.2, -0.15) is 0 Å². The van der Waals surface area contributed by atoms with Gasteiger partial charge in [0.05, 0.1) is 6.61 Å².